The minimum absolute atomic E-state index is 0.215. The number of hydrogen-bond acceptors (Lipinski definition) is 7. The van der Waals surface area contributed by atoms with Crippen LogP contribution < -0.4 is 10.5 Å². The molecule has 0 aromatic heterocycles. The second kappa shape index (κ2) is 6.73. The van der Waals surface area contributed by atoms with Gasteiger partial charge in [0.1, 0.15) is 11.4 Å². The molecule has 0 bridgehead atoms. The molecule has 0 radical (unpaired) electrons. The maximum atomic E-state index is 9.25. The van der Waals surface area contributed by atoms with E-state index in [0.29, 0.717) is 24.6 Å². The lowest BCUT2D eigenvalue weighted by molar-refractivity contribution is -0.220. The molecule has 2 N–H and O–H groups in total. The molecule has 2 aromatic rings. The third-order valence-corrected chi connectivity index (χ3v) is 6.16. The SMILES string of the molecule is C[C@@H]1CC[C@]2(CO1)C[C@]1(N=C(N)N(C)O1)c1cc(-c3cccc(C#N)c3)ccc1O2. The van der Waals surface area contributed by atoms with E-state index in [1.807, 2.05) is 36.4 Å². The molecule has 30 heavy (non-hydrogen) atoms. The van der Waals surface area contributed by atoms with Crippen molar-refractivity contribution in [2.75, 3.05) is 13.7 Å². The van der Waals surface area contributed by atoms with Crippen LogP contribution in [0, 0.1) is 11.3 Å². The molecule has 7 nitrogen and oxygen atoms in total. The molecule has 3 aliphatic heterocycles. The van der Waals surface area contributed by atoms with Crippen molar-refractivity contribution in [3.05, 3.63) is 53.6 Å². The molecule has 0 aliphatic carbocycles. The second-order valence-corrected chi connectivity index (χ2v) is 8.37. The molecule has 2 aromatic carbocycles. The lowest BCUT2D eigenvalue weighted by atomic mass is 9.80. The average Bonchev–Trinajstić information content (AvgIpc) is 3.03. The first-order valence-corrected chi connectivity index (χ1v) is 10.2. The molecule has 3 heterocycles. The van der Waals surface area contributed by atoms with Gasteiger partial charge in [-0.2, -0.15) is 5.26 Å². The fourth-order valence-electron chi connectivity index (χ4n) is 4.54. The standard InChI is InChI=1S/C23H24N4O3/c1-15-8-9-22(14-28-15)13-23(26-21(25)27(2)30-23)19-11-18(6-7-20(19)29-22)17-5-3-4-16(10-17)12-24/h3-7,10-11,15H,8-9,13-14H2,1-2H3,(H2,25,26)/t15-,22-,23-/m1/s1. The Balaban J connectivity index is 1.62. The monoisotopic (exact) mass is 404 g/mol. The van der Waals surface area contributed by atoms with Gasteiger partial charge in [0.15, 0.2) is 0 Å². The van der Waals surface area contributed by atoms with Crippen molar-refractivity contribution in [2.24, 2.45) is 10.7 Å². The van der Waals surface area contributed by atoms with Crippen LogP contribution in [0.2, 0.25) is 0 Å². The molecule has 0 unspecified atom stereocenters. The molecule has 3 aliphatic rings. The number of nitrogens with zero attached hydrogens (tertiary/aromatic N) is 3. The normalized spacial score (nSPS) is 30.0. The summed E-state index contributed by atoms with van der Waals surface area (Å²) in [5.74, 6) is 1.06. The van der Waals surface area contributed by atoms with Crippen LogP contribution in [0.1, 0.15) is 37.3 Å². The summed E-state index contributed by atoms with van der Waals surface area (Å²) < 4.78 is 12.5. The van der Waals surface area contributed by atoms with Crippen molar-refractivity contribution < 1.29 is 14.3 Å². The number of ether oxygens (including phenoxy) is 2. The Morgan fingerprint density at radius 2 is 2.07 bits per heavy atom. The predicted octanol–water partition coefficient (Wildman–Crippen LogP) is 3.29. The molecule has 2 spiro atoms. The molecule has 1 fully saturated rings. The van der Waals surface area contributed by atoms with Gasteiger partial charge in [0.25, 0.3) is 0 Å². The maximum Gasteiger partial charge on any atom is 0.222 e. The number of nitrogens with two attached hydrogens (primary N) is 1. The third-order valence-electron chi connectivity index (χ3n) is 6.16. The van der Waals surface area contributed by atoms with E-state index in [9.17, 15) is 5.26 Å². The Kier molecular flexibility index (Phi) is 4.24. The number of hydroxylamine groups is 2. The number of guanidine groups is 1. The highest BCUT2D eigenvalue weighted by molar-refractivity contribution is 5.79. The van der Waals surface area contributed by atoms with Crippen LogP contribution in [0.4, 0.5) is 0 Å². The molecular weight excluding hydrogens is 380 g/mol. The van der Waals surface area contributed by atoms with Gasteiger partial charge in [-0.3, -0.25) is 0 Å². The lowest BCUT2D eigenvalue weighted by Crippen LogP contribution is -2.54. The molecule has 0 amide bonds. The largest absolute Gasteiger partial charge is 0.484 e. The van der Waals surface area contributed by atoms with Crippen LogP contribution in [0.5, 0.6) is 5.75 Å². The van der Waals surface area contributed by atoms with Gasteiger partial charge in [-0.15, -0.1) is 0 Å². The Labute approximate surface area is 175 Å². The fourth-order valence-corrected chi connectivity index (χ4v) is 4.54. The number of hydrogen-bond donors (Lipinski definition) is 1. The highest BCUT2D eigenvalue weighted by atomic mass is 16.7. The minimum Gasteiger partial charge on any atom is -0.484 e. The zero-order valence-electron chi connectivity index (χ0n) is 17.1. The number of aliphatic imine (C=N–C) groups is 1. The molecule has 7 heteroatoms. The molecule has 154 valence electrons. The first-order valence-electron chi connectivity index (χ1n) is 10.2. The number of nitriles is 1. The number of benzene rings is 2. The fraction of sp³-hybridized carbons (Fsp3) is 0.391. The van der Waals surface area contributed by atoms with Crippen molar-refractivity contribution >= 4 is 5.96 Å². The molecule has 3 atom stereocenters. The van der Waals surface area contributed by atoms with Gasteiger partial charge in [-0.1, -0.05) is 18.2 Å². The van der Waals surface area contributed by atoms with Gasteiger partial charge in [0.2, 0.25) is 11.7 Å². The highest BCUT2D eigenvalue weighted by Crippen LogP contribution is 2.52. The molecular formula is C23H24N4O3. The van der Waals surface area contributed by atoms with Crippen LogP contribution in [-0.2, 0) is 15.3 Å². The van der Waals surface area contributed by atoms with Crippen LogP contribution in [0.15, 0.2) is 47.5 Å². The summed E-state index contributed by atoms with van der Waals surface area (Å²) >= 11 is 0. The zero-order valence-corrected chi connectivity index (χ0v) is 17.1. The van der Waals surface area contributed by atoms with Crippen molar-refractivity contribution in [1.82, 2.24) is 5.06 Å². The van der Waals surface area contributed by atoms with E-state index in [4.69, 9.17) is 25.0 Å². The van der Waals surface area contributed by atoms with E-state index in [1.165, 1.54) is 5.06 Å². The maximum absolute atomic E-state index is 9.25. The molecule has 1 saturated heterocycles. The Bertz CT molecular complexity index is 1070. The van der Waals surface area contributed by atoms with Gasteiger partial charge in [0, 0.05) is 13.5 Å². The van der Waals surface area contributed by atoms with Crippen LogP contribution >= 0.6 is 0 Å². The number of rotatable bonds is 1. The summed E-state index contributed by atoms with van der Waals surface area (Å²) in [6.07, 6.45) is 2.52. The Hall–Kier alpha value is -3.08. The first-order chi connectivity index (χ1) is 14.4. The van der Waals surface area contributed by atoms with Crippen molar-refractivity contribution in [1.29, 1.82) is 5.26 Å². The first kappa shape index (κ1) is 18.9. The van der Waals surface area contributed by atoms with E-state index < -0.39 is 11.3 Å². The van der Waals surface area contributed by atoms with Gasteiger partial charge in [0.05, 0.1) is 29.9 Å². The summed E-state index contributed by atoms with van der Waals surface area (Å²) in [7, 11) is 1.76. The molecule has 5 rings (SSSR count). The Morgan fingerprint density at radius 1 is 1.23 bits per heavy atom. The minimum atomic E-state index is -0.959. The van der Waals surface area contributed by atoms with Gasteiger partial charge >= 0.3 is 0 Å². The van der Waals surface area contributed by atoms with Crippen LogP contribution in [-0.4, -0.2) is 36.4 Å². The van der Waals surface area contributed by atoms with E-state index in [1.54, 1.807) is 13.1 Å². The lowest BCUT2D eigenvalue weighted by Gasteiger charge is -2.47. The summed E-state index contributed by atoms with van der Waals surface area (Å²) in [5, 5.41) is 10.8. The van der Waals surface area contributed by atoms with Crippen molar-refractivity contribution in [2.45, 2.75) is 43.6 Å². The van der Waals surface area contributed by atoms with E-state index in [-0.39, 0.29) is 6.10 Å². The summed E-state index contributed by atoms with van der Waals surface area (Å²) in [5.41, 5.74) is 8.01. The van der Waals surface area contributed by atoms with E-state index in [0.717, 1.165) is 35.3 Å². The predicted molar refractivity (Wildman–Crippen MR) is 111 cm³/mol. The summed E-state index contributed by atoms with van der Waals surface area (Å²) in [6, 6.07) is 15.7. The van der Waals surface area contributed by atoms with Crippen LogP contribution in [0.3, 0.4) is 0 Å². The van der Waals surface area contributed by atoms with Gasteiger partial charge in [-0.05, 0) is 55.2 Å². The van der Waals surface area contributed by atoms with Crippen molar-refractivity contribution in [3.8, 4) is 22.9 Å². The quantitative estimate of drug-likeness (QED) is 0.784. The highest BCUT2D eigenvalue weighted by Gasteiger charge is 2.55. The summed E-state index contributed by atoms with van der Waals surface area (Å²) in [6.45, 7) is 2.57. The van der Waals surface area contributed by atoms with Crippen LogP contribution in [0.25, 0.3) is 11.1 Å². The Morgan fingerprint density at radius 3 is 2.77 bits per heavy atom. The summed E-state index contributed by atoms with van der Waals surface area (Å²) in [4.78, 5) is 11.0. The van der Waals surface area contributed by atoms with Gasteiger partial charge < -0.3 is 15.2 Å². The average molecular weight is 404 g/mol. The third kappa shape index (κ3) is 3.00. The van der Waals surface area contributed by atoms with Crippen molar-refractivity contribution in [3.63, 3.8) is 0 Å². The number of fused-ring (bicyclic) bond motifs is 2. The topological polar surface area (TPSA) is 93.1 Å². The van der Waals surface area contributed by atoms with E-state index >= 15 is 0 Å². The molecule has 0 saturated carbocycles. The second-order valence-electron chi connectivity index (χ2n) is 8.37. The zero-order chi connectivity index (χ0) is 20.9. The van der Waals surface area contributed by atoms with E-state index in [2.05, 4.69) is 13.0 Å². The smallest absolute Gasteiger partial charge is 0.222 e. The van der Waals surface area contributed by atoms with Gasteiger partial charge in [-0.25, -0.2) is 14.9 Å².